The summed E-state index contributed by atoms with van der Waals surface area (Å²) in [6, 6.07) is 77.9. The topological polar surface area (TPSA) is 129 Å². The number of hydrogen-bond acceptors (Lipinski definition) is 14. The van der Waals surface area contributed by atoms with Crippen molar-refractivity contribution in [3.05, 3.63) is 243 Å². The second kappa shape index (κ2) is 27.9. The normalized spacial score (nSPS) is 29.2. The lowest BCUT2D eigenvalue weighted by atomic mass is 10.4. The monoisotopic (exact) mass is 1310 g/mol. The summed E-state index contributed by atoms with van der Waals surface area (Å²) in [6.45, 7) is 8.20. The van der Waals surface area contributed by atoms with E-state index in [1.807, 2.05) is 269 Å². The Balaban J connectivity index is 0.00000242. The Labute approximate surface area is 503 Å². The molecule has 4 aliphatic heterocycles. The molecule has 0 amide bonds. The zero-order valence-electron chi connectivity index (χ0n) is 43.6. The summed E-state index contributed by atoms with van der Waals surface area (Å²) in [4.78, 5) is 0. The van der Waals surface area contributed by atoms with Gasteiger partial charge in [-0.15, -0.1) is 0 Å². The van der Waals surface area contributed by atoms with Gasteiger partial charge in [-0.1, -0.05) is 299 Å². The summed E-state index contributed by atoms with van der Waals surface area (Å²) in [6.07, 6.45) is 0. The predicted octanol–water partition coefficient (Wildman–Crippen LogP) is 4.10. The lowest BCUT2D eigenvalue weighted by Gasteiger charge is -2.57. The molecular formula is C56H76O14Si12. The Morgan fingerprint density at radius 1 is 0.207 bits per heavy atom. The van der Waals surface area contributed by atoms with Crippen LogP contribution in [0, 0.1) is 0 Å². The summed E-state index contributed by atoms with van der Waals surface area (Å²) < 4.78 is 113. The number of rotatable bonds is 16. The molecule has 8 aromatic carbocycles. The molecule has 0 N–H and O–H groups in total. The first-order valence-corrected chi connectivity index (χ1v) is 47.9. The van der Waals surface area contributed by atoms with Crippen molar-refractivity contribution in [3.8, 4) is 0 Å². The van der Waals surface area contributed by atoms with Crippen LogP contribution in [-0.4, -0.2) is 109 Å². The third kappa shape index (κ3) is 12.6. The van der Waals surface area contributed by atoms with Gasteiger partial charge in [0.2, 0.25) is 0 Å². The Morgan fingerprint density at radius 3 is 0.476 bits per heavy atom. The van der Waals surface area contributed by atoms with E-state index in [9.17, 15) is 0 Å². The highest BCUT2D eigenvalue weighted by atomic mass is 28.6. The average Bonchev–Trinajstić information content (AvgIpc) is 1.13. The lowest BCUT2D eigenvalue weighted by Crippen LogP contribution is -2.90. The van der Waals surface area contributed by atoms with E-state index in [1.54, 1.807) is 0 Å². The van der Waals surface area contributed by atoms with Crippen LogP contribution < -0.4 is 41.5 Å². The van der Waals surface area contributed by atoms with Crippen molar-refractivity contribution in [2.45, 2.75) is 55.9 Å². The van der Waals surface area contributed by atoms with Gasteiger partial charge in [0.05, 0.1) is 0 Å². The lowest BCUT2D eigenvalue weighted by molar-refractivity contribution is 0.0507. The van der Waals surface area contributed by atoms with Crippen molar-refractivity contribution in [1.29, 1.82) is 0 Å². The van der Waals surface area contributed by atoms with E-state index < -0.39 is 109 Å². The van der Waals surface area contributed by atoms with Crippen LogP contribution in [0.15, 0.2) is 243 Å². The van der Waals surface area contributed by atoms with E-state index >= 15 is 0 Å². The Hall–Kier alpha value is -4.20. The van der Waals surface area contributed by atoms with Crippen molar-refractivity contribution in [2.75, 3.05) is 0 Å². The van der Waals surface area contributed by atoms with Crippen molar-refractivity contribution < 1.29 is 57.6 Å². The summed E-state index contributed by atoms with van der Waals surface area (Å²) in [5.41, 5.74) is 0. The van der Waals surface area contributed by atoms with Gasteiger partial charge in [-0.2, -0.15) is 0 Å². The molecule has 0 aliphatic carbocycles. The van der Waals surface area contributed by atoms with Gasteiger partial charge >= 0.3 is 70.4 Å². The minimum atomic E-state index is -5.03. The number of fused-ring (bicyclic) bond motifs is 4. The third-order valence-corrected chi connectivity index (χ3v) is 53.6. The molecule has 4 bridgehead atoms. The summed E-state index contributed by atoms with van der Waals surface area (Å²) in [5.74, 6) is 0. The molecule has 0 aromatic heterocycles. The molecular weight excluding hydrogens is 1230 g/mol. The number of benzene rings is 8. The van der Waals surface area contributed by atoms with Crippen LogP contribution >= 0.6 is 0 Å². The Morgan fingerprint density at radius 2 is 0.341 bits per heavy atom. The molecule has 0 unspecified atom stereocenters. The highest BCUT2D eigenvalue weighted by Gasteiger charge is 2.80. The van der Waals surface area contributed by atoms with E-state index in [1.165, 1.54) is 0 Å². The Bertz CT molecular complexity index is 2750. The molecule has 4 fully saturated rings. The molecule has 4 saturated heterocycles. The quantitative estimate of drug-likeness (QED) is 0.129. The minimum absolute atomic E-state index is 0. The average molecular weight is 1310 g/mol. The first-order valence-electron chi connectivity index (χ1n) is 26.2. The Kier molecular flexibility index (Phi) is 22.2. The van der Waals surface area contributed by atoms with Crippen molar-refractivity contribution >= 4 is 151 Å². The third-order valence-electron chi connectivity index (χ3n) is 13.0. The predicted molar refractivity (Wildman–Crippen MR) is 354 cm³/mol. The fourth-order valence-electron chi connectivity index (χ4n) is 9.75. The van der Waals surface area contributed by atoms with E-state index in [0.717, 1.165) is 0 Å². The maximum Gasteiger partial charge on any atom is 0.515 e. The van der Waals surface area contributed by atoms with Crippen LogP contribution in [0.4, 0.5) is 0 Å². The molecule has 4 heterocycles. The second-order valence-electron chi connectivity index (χ2n) is 18.1. The zero-order valence-corrected chi connectivity index (χ0v) is 57.3. The molecule has 0 radical (unpaired) electrons. The fourth-order valence-corrected chi connectivity index (χ4v) is 61.7. The highest BCUT2D eigenvalue weighted by molar-refractivity contribution is 7.10. The maximum atomic E-state index is 8.51. The molecule has 82 heavy (non-hydrogen) atoms. The van der Waals surface area contributed by atoms with E-state index in [2.05, 4.69) is 0 Å². The van der Waals surface area contributed by atoms with Gasteiger partial charge in [-0.05, 0) is 0 Å². The molecule has 4 aliphatic rings. The van der Waals surface area contributed by atoms with Crippen LogP contribution in [0.3, 0.4) is 0 Å². The van der Waals surface area contributed by atoms with Gasteiger partial charge in [0.15, 0.2) is 0 Å². The van der Waals surface area contributed by atoms with E-state index in [0.29, 0.717) is 41.5 Å². The highest BCUT2D eigenvalue weighted by Crippen LogP contribution is 2.42. The molecule has 26 heteroatoms. The van der Waals surface area contributed by atoms with Crippen LogP contribution in [-0.2, 0) is 57.6 Å². The van der Waals surface area contributed by atoms with Gasteiger partial charge in [0.1, 0.15) is 39.1 Å². The van der Waals surface area contributed by atoms with Crippen molar-refractivity contribution in [2.24, 2.45) is 0 Å². The maximum absolute atomic E-state index is 8.51. The second-order valence-corrected chi connectivity index (χ2v) is 46.7. The van der Waals surface area contributed by atoms with Crippen molar-refractivity contribution in [1.82, 2.24) is 0 Å². The largest absolute Gasteiger partial charge is 0.515 e. The fraction of sp³-hybridized carbons (Fsp3) is 0.143. The molecule has 14 nitrogen and oxygen atoms in total. The molecule has 8 aromatic rings. The molecule has 12 rings (SSSR count). The SMILES string of the molecule is C.C.C.C.C[SiH2]O[Si]1(c2ccccc2)O[Si]2(c3ccccc3)O[Si](O[SiH2]C)(c3ccccc3)O[Si](c3ccccc3)(O1)O[Si]1(c3ccccc3)O[Si](O[SiH2]C)(c3ccccc3)O[Si](c3ccccc3)(O[Si](O[SiH2]C)(c3ccccc3)O1)O2. The van der Waals surface area contributed by atoms with E-state index in [4.69, 9.17) is 57.6 Å². The van der Waals surface area contributed by atoms with Crippen LogP contribution in [0.25, 0.3) is 0 Å². The van der Waals surface area contributed by atoms with Gasteiger partial charge in [-0.25, -0.2) is 0 Å². The summed E-state index contributed by atoms with van der Waals surface area (Å²) in [7, 11) is -44.5. The summed E-state index contributed by atoms with van der Waals surface area (Å²) in [5, 5.41) is 4.64. The summed E-state index contributed by atoms with van der Waals surface area (Å²) >= 11 is 0. The van der Waals surface area contributed by atoms with Gasteiger partial charge < -0.3 is 57.6 Å². The molecule has 0 saturated carbocycles. The van der Waals surface area contributed by atoms with Gasteiger partial charge in [0, 0.05) is 41.5 Å². The van der Waals surface area contributed by atoms with Crippen LogP contribution in [0.5, 0.6) is 0 Å². The minimum Gasteiger partial charge on any atom is -0.419 e. The van der Waals surface area contributed by atoms with Gasteiger partial charge in [0.25, 0.3) is 0 Å². The van der Waals surface area contributed by atoms with Crippen LogP contribution in [0.2, 0.25) is 26.2 Å². The van der Waals surface area contributed by atoms with Crippen molar-refractivity contribution in [3.63, 3.8) is 0 Å². The van der Waals surface area contributed by atoms with Gasteiger partial charge in [-0.3, -0.25) is 0 Å². The number of hydrogen-bond donors (Lipinski definition) is 0. The molecule has 0 spiro atoms. The zero-order chi connectivity index (χ0) is 53.6. The first kappa shape index (κ1) is 65.3. The van der Waals surface area contributed by atoms with E-state index in [-0.39, 0.29) is 29.7 Å². The smallest absolute Gasteiger partial charge is 0.419 e. The first-order chi connectivity index (χ1) is 38.2. The van der Waals surface area contributed by atoms with Crippen LogP contribution in [0.1, 0.15) is 29.7 Å². The molecule has 432 valence electrons. The molecule has 0 atom stereocenters. The standard InChI is InChI=1S/C52H60O14Si12.4CH4/c1-67-53-71(45-29-13-5-14-30-45)57-75(49-37-21-9-22-38-49)59-72(54-68-2,46-31-15-6-16-32-46)60-76(58-71,50-39-23-10-24-40-50)66-78(52-43-27-12-28-44-52)62-73(55-69-3,47-33-17-7-18-34-47)61-77(65-75,51-41-25-11-26-42-51)63-74(64-78,56-70-4)48-35-19-8-20-36-48;;;;/h5-44H,67-70H2,1-4H3;4*1H4.